The molecule has 5 rings (SSSR count). The van der Waals surface area contributed by atoms with Crippen LogP contribution in [0.3, 0.4) is 0 Å². The molecule has 31 heavy (non-hydrogen) atoms. The average molecular weight is 421 g/mol. The lowest BCUT2D eigenvalue weighted by molar-refractivity contribution is 0.174. The molecular formula is C21H19N5O5. The van der Waals surface area contributed by atoms with Crippen molar-refractivity contribution < 1.29 is 23.5 Å². The average Bonchev–Trinajstić information content (AvgIpc) is 3.46. The Balaban J connectivity index is 1.29. The smallest absolute Gasteiger partial charge is 0.324 e. The zero-order valence-corrected chi connectivity index (χ0v) is 16.8. The van der Waals surface area contributed by atoms with Crippen LogP contribution in [0.15, 0.2) is 40.9 Å². The van der Waals surface area contributed by atoms with Crippen LogP contribution in [-0.4, -0.2) is 28.2 Å². The molecule has 0 saturated carbocycles. The van der Waals surface area contributed by atoms with E-state index in [1.807, 2.05) is 32.0 Å². The number of nitrogens with one attached hydrogen (secondary N) is 3. The summed E-state index contributed by atoms with van der Waals surface area (Å²) >= 11 is 0. The van der Waals surface area contributed by atoms with Crippen LogP contribution in [0, 0.1) is 13.8 Å². The number of ether oxygens (including phenoxy) is 3. The van der Waals surface area contributed by atoms with Crippen molar-refractivity contribution in [1.29, 1.82) is 0 Å². The third kappa shape index (κ3) is 3.70. The summed E-state index contributed by atoms with van der Waals surface area (Å²) in [6, 6.07) is 10.2. The van der Waals surface area contributed by atoms with Gasteiger partial charge in [-0.1, -0.05) is 5.16 Å². The Kier molecular flexibility index (Phi) is 4.58. The van der Waals surface area contributed by atoms with Crippen LogP contribution >= 0.6 is 0 Å². The number of carbonyl (C=O) groups is 1. The van der Waals surface area contributed by atoms with Gasteiger partial charge in [-0.3, -0.25) is 10.4 Å². The van der Waals surface area contributed by atoms with Crippen molar-refractivity contribution in [3.63, 3.8) is 0 Å². The summed E-state index contributed by atoms with van der Waals surface area (Å²) in [6.07, 6.45) is 0. The largest absolute Gasteiger partial charge is 0.489 e. The van der Waals surface area contributed by atoms with Crippen molar-refractivity contribution >= 4 is 28.4 Å². The fourth-order valence-electron chi connectivity index (χ4n) is 3.29. The van der Waals surface area contributed by atoms with E-state index >= 15 is 0 Å². The number of urea groups is 1. The number of aromatic nitrogens is 3. The summed E-state index contributed by atoms with van der Waals surface area (Å²) in [4.78, 5) is 12.5. The van der Waals surface area contributed by atoms with E-state index in [-0.39, 0.29) is 6.79 Å². The molecule has 0 bridgehead atoms. The van der Waals surface area contributed by atoms with Gasteiger partial charge in [0.1, 0.15) is 18.1 Å². The van der Waals surface area contributed by atoms with E-state index < -0.39 is 6.03 Å². The van der Waals surface area contributed by atoms with E-state index in [4.69, 9.17) is 18.7 Å². The molecule has 0 spiro atoms. The minimum Gasteiger partial charge on any atom is -0.489 e. The Bertz CT molecular complexity index is 1260. The van der Waals surface area contributed by atoms with Gasteiger partial charge >= 0.3 is 6.03 Å². The number of aryl methyl sites for hydroxylation is 2. The van der Waals surface area contributed by atoms with Gasteiger partial charge in [0.05, 0.1) is 16.8 Å². The van der Waals surface area contributed by atoms with Gasteiger partial charge in [-0.15, -0.1) is 0 Å². The van der Waals surface area contributed by atoms with Crippen LogP contribution in [0.25, 0.3) is 10.9 Å². The molecule has 0 atom stereocenters. The second kappa shape index (κ2) is 7.56. The summed E-state index contributed by atoms with van der Waals surface area (Å²) in [5.74, 6) is 2.98. The number of carbonyl (C=O) groups excluding carboxylic acids is 1. The molecule has 2 amide bonds. The van der Waals surface area contributed by atoms with Crippen LogP contribution in [0.2, 0.25) is 0 Å². The van der Waals surface area contributed by atoms with Crippen LogP contribution in [0.1, 0.15) is 17.0 Å². The number of hydrogen-bond acceptors (Lipinski definition) is 7. The van der Waals surface area contributed by atoms with Gasteiger partial charge in [0.25, 0.3) is 0 Å². The lowest BCUT2D eigenvalue weighted by atomic mass is 10.2. The standard InChI is InChI=1S/C21H19N5O5/c1-11-16(12(2)31-26-11)9-28-14-4-5-17-15(8-14)20(25-24-17)23-21(27)22-13-3-6-18-19(7-13)30-10-29-18/h3-8H,9-10H2,1-2H3,(H3,22,23,24,25,27). The molecule has 1 aliphatic rings. The fourth-order valence-corrected chi connectivity index (χ4v) is 3.29. The van der Waals surface area contributed by atoms with Gasteiger partial charge in [-0.25, -0.2) is 4.79 Å². The number of H-pyrrole nitrogens is 1. The Labute approximate surface area is 176 Å². The van der Waals surface area contributed by atoms with Gasteiger partial charge in [0.2, 0.25) is 6.79 Å². The van der Waals surface area contributed by atoms with Gasteiger partial charge < -0.3 is 24.1 Å². The first-order valence-corrected chi connectivity index (χ1v) is 9.57. The SMILES string of the molecule is Cc1noc(C)c1COc1ccc2[nH]nc(NC(=O)Nc3ccc4c(c3)OCO4)c2c1. The van der Waals surface area contributed by atoms with E-state index in [2.05, 4.69) is 26.0 Å². The first kappa shape index (κ1) is 18.8. The molecule has 0 fully saturated rings. The summed E-state index contributed by atoms with van der Waals surface area (Å²) in [7, 11) is 0. The Morgan fingerprint density at radius 1 is 1.13 bits per heavy atom. The third-order valence-corrected chi connectivity index (χ3v) is 4.96. The topological polar surface area (TPSA) is 124 Å². The highest BCUT2D eigenvalue weighted by Gasteiger charge is 2.16. The Morgan fingerprint density at radius 3 is 2.84 bits per heavy atom. The first-order chi connectivity index (χ1) is 15.1. The number of nitrogens with zero attached hydrogens (tertiary/aromatic N) is 2. The third-order valence-electron chi connectivity index (χ3n) is 4.96. The molecule has 0 radical (unpaired) electrons. The number of rotatable bonds is 5. The van der Waals surface area contributed by atoms with Crippen molar-refractivity contribution in [1.82, 2.24) is 15.4 Å². The summed E-state index contributed by atoms with van der Waals surface area (Å²) in [5, 5.41) is 17.2. The number of anilines is 2. The first-order valence-electron chi connectivity index (χ1n) is 9.57. The predicted molar refractivity (Wildman–Crippen MR) is 112 cm³/mol. The molecule has 10 nitrogen and oxygen atoms in total. The maximum Gasteiger partial charge on any atom is 0.324 e. The van der Waals surface area contributed by atoms with Crippen molar-refractivity contribution in [3.05, 3.63) is 53.4 Å². The molecule has 1 aliphatic heterocycles. The second-order valence-electron chi connectivity index (χ2n) is 7.02. The Morgan fingerprint density at radius 2 is 2.00 bits per heavy atom. The lowest BCUT2D eigenvalue weighted by Crippen LogP contribution is -2.19. The fraction of sp³-hybridized carbons (Fsp3) is 0.190. The lowest BCUT2D eigenvalue weighted by Gasteiger charge is -2.08. The summed E-state index contributed by atoms with van der Waals surface area (Å²) < 4.78 is 21.7. The molecule has 3 heterocycles. The van der Waals surface area contributed by atoms with Crippen LogP contribution in [-0.2, 0) is 6.61 Å². The monoisotopic (exact) mass is 421 g/mol. The van der Waals surface area contributed by atoms with E-state index in [0.29, 0.717) is 35.4 Å². The van der Waals surface area contributed by atoms with E-state index in [0.717, 1.165) is 27.9 Å². The van der Waals surface area contributed by atoms with Crippen LogP contribution in [0.5, 0.6) is 17.2 Å². The molecule has 4 aromatic rings. The molecule has 10 heteroatoms. The molecule has 2 aromatic carbocycles. The molecule has 0 unspecified atom stereocenters. The molecule has 0 saturated heterocycles. The van der Waals surface area contributed by atoms with E-state index in [1.165, 1.54) is 0 Å². The van der Waals surface area contributed by atoms with Gasteiger partial charge in [-0.05, 0) is 44.2 Å². The summed E-state index contributed by atoms with van der Waals surface area (Å²) in [5.41, 5.74) is 3.05. The number of benzene rings is 2. The molecule has 2 aromatic heterocycles. The zero-order chi connectivity index (χ0) is 21.4. The maximum absolute atomic E-state index is 12.5. The highest BCUT2D eigenvalue weighted by atomic mass is 16.7. The van der Waals surface area contributed by atoms with Crippen molar-refractivity contribution in [2.24, 2.45) is 0 Å². The highest BCUT2D eigenvalue weighted by molar-refractivity contribution is 6.04. The minimum absolute atomic E-state index is 0.172. The van der Waals surface area contributed by atoms with E-state index in [9.17, 15) is 4.79 Å². The van der Waals surface area contributed by atoms with Crippen molar-refractivity contribution in [3.8, 4) is 17.2 Å². The van der Waals surface area contributed by atoms with Gasteiger partial charge in [0.15, 0.2) is 17.3 Å². The minimum atomic E-state index is -0.436. The van der Waals surface area contributed by atoms with Gasteiger partial charge in [0, 0.05) is 17.1 Å². The van der Waals surface area contributed by atoms with E-state index in [1.54, 1.807) is 18.2 Å². The summed E-state index contributed by atoms with van der Waals surface area (Å²) in [6.45, 7) is 4.22. The molecular weight excluding hydrogens is 402 g/mol. The highest BCUT2D eigenvalue weighted by Crippen LogP contribution is 2.34. The number of aromatic amines is 1. The van der Waals surface area contributed by atoms with Crippen LogP contribution in [0.4, 0.5) is 16.3 Å². The molecule has 3 N–H and O–H groups in total. The number of hydrogen-bond donors (Lipinski definition) is 3. The zero-order valence-electron chi connectivity index (χ0n) is 16.8. The van der Waals surface area contributed by atoms with Crippen molar-refractivity contribution in [2.45, 2.75) is 20.5 Å². The Hall–Kier alpha value is -4.21. The maximum atomic E-state index is 12.5. The quantitative estimate of drug-likeness (QED) is 0.443. The normalized spacial score (nSPS) is 12.2. The van der Waals surface area contributed by atoms with Gasteiger partial charge in [-0.2, -0.15) is 5.10 Å². The second-order valence-corrected chi connectivity index (χ2v) is 7.02. The van der Waals surface area contributed by atoms with Crippen LogP contribution < -0.4 is 24.8 Å². The molecule has 158 valence electrons. The van der Waals surface area contributed by atoms with Crippen molar-refractivity contribution in [2.75, 3.05) is 17.4 Å². The number of fused-ring (bicyclic) bond motifs is 2. The predicted octanol–water partition coefficient (Wildman–Crippen LogP) is 4.12. The molecule has 0 aliphatic carbocycles. The number of amides is 2.